The first-order valence-corrected chi connectivity index (χ1v) is 4.12. The van der Waals surface area contributed by atoms with Crippen LogP contribution < -0.4 is 0 Å². The highest BCUT2D eigenvalue weighted by atomic mass is 16.5. The smallest absolute Gasteiger partial charge is 0.305 e. The van der Waals surface area contributed by atoms with Crippen LogP contribution in [0.5, 0.6) is 0 Å². The lowest BCUT2D eigenvalue weighted by Gasteiger charge is -1.98. The van der Waals surface area contributed by atoms with E-state index in [2.05, 4.69) is 14.8 Å². The molecule has 0 amide bonds. The van der Waals surface area contributed by atoms with Gasteiger partial charge >= 0.3 is 5.97 Å². The van der Waals surface area contributed by atoms with Gasteiger partial charge in [0.15, 0.2) is 0 Å². The Labute approximate surface area is 81.1 Å². The Morgan fingerprint density at radius 1 is 1.79 bits per heavy atom. The molecule has 0 saturated carbocycles. The topological polar surface area (TPSA) is 80.8 Å². The van der Waals surface area contributed by atoms with Crippen LogP contribution in [-0.4, -0.2) is 27.8 Å². The van der Waals surface area contributed by atoms with Crippen molar-refractivity contribution in [3.63, 3.8) is 0 Å². The number of methoxy groups -OCH3 is 1. The minimum Gasteiger partial charge on any atom is -0.469 e. The molecule has 0 aromatic carbocycles. The molecule has 0 aliphatic rings. The Bertz CT molecular complexity index is 352. The van der Waals surface area contributed by atoms with E-state index >= 15 is 0 Å². The summed E-state index contributed by atoms with van der Waals surface area (Å²) < 4.78 is 6.01. The summed E-state index contributed by atoms with van der Waals surface area (Å²) in [5.74, 6) is -0.103. The molecule has 0 unspecified atom stereocenters. The van der Waals surface area contributed by atoms with E-state index < -0.39 is 0 Å². The molecule has 0 fully saturated rings. The molecule has 74 valence electrons. The van der Waals surface area contributed by atoms with E-state index in [9.17, 15) is 4.79 Å². The molecule has 1 aromatic heterocycles. The summed E-state index contributed by atoms with van der Waals surface area (Å²) >= 11 is 0. The zero-order valence-electron chi connectivity index (χ0n) is 7.80. The molecule has 0 aliphatic heterocycles. The number of nitriles is 1. The van der Waals surface area contributed by atoms with Gasteiger partial charge in [0.25, 0.3) is 5.82 Å². The molecule has 0 bridgehead atoms. The number of hydrogen-bond acceptors (Lipinski definition) is 5. The molecular weight excluding hydrogens is 184 g/mol. The normalized spacial score (nSPS) is 9.43. The Morgan fingerprint density at radius 2 is 2.57 bits per heavy atom. The number of nitrogens with zero attached hydrogens (tertiary/aromatic N) is 4. The standard InChI is InChI=1S/C8H10N4O2/c1-14-8(13)3-2-4-12-6-10-7(5-9)11-12/h6H,2-4H2,1H3. The molecule has 0 saturated heterocycles. The van der Waals surface area contributed by atoms with Crippen molar-refractivity contribution in [1.82, 2.24) is 14.8 Å². The highest BCUT2D eigenvalue weighted by Gasteiger charge is 2.02. The maximum Gasteiger partial charge on any atom is 0.305 e. The summed E-state index contributed by atoms with van der Waals surface area (Å²) in [6, 6.07) is 1.82. The summed E-state index contributed by atoms with van der Waals surface area (Å²) in [4.78, 5) is 14.5. The molecule has 0 aliphatic carbocycles. The van der Waals surface area contributed by atoms with Gasteiger partial charge in [-0.05, 0) is 6.42 Å². The highest BCUT2D eigenvalue weighted by Crippen LogP contribution is 1.96. The molecule has 0 atom stereocenters. The number of ether oxygens (including phenoxy) is 1. The van der Waals surface area contributed by atoms with Crippen molar-refractivity contribution in [2.24, 2.45) is 0 Å². The van der Waals surface area contributed by atoms with Gasteiger partial charge < -0.3 is 4.74 Å². The predicted octanol–water partition coefficient (Wildman–Crippen LogP) is 0.103. The molecule has 1 aromatic rings. The quantitative estimate of drug-likeness (QED) is 0.635. The predicted molar refractivity (Wildman–Crippen MR) is 46.0 cm³/mol. The van der Waals surface area contributed by atoms with E-state index in [1.54, 1.807) is 0 Å². The van der Waals surface area contributed by atoms with Gasteiger partial charge in [-0.25, -0.2) is 4.98 Å². The van der Waals surface area contributed by atoms with E-state index in [-0.39, 0.29) is 11.8 Å². The van der Waals surface area contributed by atoms with Crippen molar-refractivity contribution in [2.75, 3.05) is 7.11 Å². The van der Waals surface area contributed by atoms with Crippen molar-refractivity contribution in [3.05, 3.63) is 12.2 Å². The number of hydrogen-bond donors (Lipinski definition) is 0. The largest absolute Gasteiger partial charge is 0.469 e. The van der Waals surface area contributed by atoms with E-state index in [4.69, 9.17) is 5.26 Å². The summed E-state index contributed by atoms with van der Waals surface area (Å²) in [5.41, 5.74) is 0. The van der Waals surface area contributed by atoms with E-state index in [0.29, 0.717) is 19.4 Å². The average Bonchev–Trinajstić information content (AvgIpc) is 2.65. The number of aromatic nitrogens is 3. The van der Waals surface area contributed by atoms with Crippen LogP contribution in [0.4, 0.5) is 0 Å². The zero-order valence-corrected chi connectivity index (χ0v) is 7.80. The lowest BCUT2D eigenvalue weighted by molar-refractivity contribution is -0.140. The Hall–Kier alpha value is -1.90. The maximum atomic E-state index is 10.7. The third kappa shape index (κ3) is 2.86. The minimum atomic E-state index is -0.245. The number of carbonyl (C=O) groups is 1. The first-order valence-electron chi connectivity index (χ1n) is 4.12. The summed E-state index contributed by atoms with van der Waals surface area (Å²) in [7, 11) is 1.35. The van der Waals surface area contributed by atoms with Crippen molar-refractivity contribution in [1.29, 1.82) is 5.26 Å². The second kappa shape index (κ2) is 4.97. The van der Waals surface area contributed by atoms with Crippen LogP contribution in [0.2, 0.25) is 0 Å². The number of esters is 1. The van der Waals surface area contributed by atoms with Crippen molar-refractivity contribution in [2.45, 2.75) is 19.4 Å². The molecule has 6 heteroatoms. The highest BCUT2D eigenvalue weighted by molar-refractivity contribution is 5.68. The number of carbonyl (C=O) groups excluding carboxylic acids is 1. The Kier molecular flexibility index (Phi) is 3.61. The van der Waals surface area contributed by atoms with Crippen molar-refractivity contribution in [3.8, 4) is 6.07 Å². The van der Waals surface area contributed by atoms with E-state index in [1.807, 2.05) is 6.07 Å². The van der Waals surface area contributed by atoms with Crippen LogP contribution >= 0.6 is 0 Å². The Balaban J connectivity index is 2.32. The lowest BCUT2D eigenvalue weighted by Crippen LogP contribution is -2.04. The molecule has 0 spiro atoms. The summed E-state index contributed by atoms with van der Waals surface area (Å²) in [6.45, 7) is 0.559. The van der Waals surface area contributed by atoms with E-state index in [1.165, 1.54) is 18.1 Å². The van der Waals surface area contributed by atoms with Crippen molar-refractivity contribution < 1.29 is 9.53 Å². The molecule has 0 N–H and O–H groups in total. The number of aryl methyl sites for hydroxylation is 1. The third-order valence-electron chi connectivity index (χ3n) is 1.63. The van der Waals surface area contributed by atoms with Crippen LogP contribution in [0.25, 0.3) is 0 Å². The molecule has 14 heavy (non-hydrogen) atoms. The van der Waals surface area contributed by atoms with E-state index in [0.717, 1.165) is 0 Å². The van der Waals surface area contributed by atoms with Gasteiger partial charge in [0.05, 0.1) is 7.11 Å². The van der Waals surface area contributed by atoms with Gasteiger partial charge in [-0.1, -0.05) is 0 Å². The minimum absolute atomic E-state index is 0.142. The SMILES string of the molecule is COC(=O)CCCn1cnc(C#N)n1. The third-order valence-corrected chi connectivity index (χ3v) is 1.63. The molecule has 1 rings (SSSR count). The van der Waals surface area contributed by atoms with Crippen LogP contribution in [0.1, 0.15) is 18.7 Å². The van der Waals surface area contributed by atoms with Crippen molar-refractivity contribution >= 4 is 5.97 Å². The van der Waals surface area contributed by atoms with Gasteiger partial charge in [0.1, 0.15) is 12.4 Å². The molecule has 6 nitrogen and oxygen atoms in total. The first-order chi connectivity index (χ1) is 6.76. The molecular formula is C8H10N4O2. The second-order valence-corrected chi connectivity index (χ2v) is 2.62. The maximum absolute atomic E-state index is 10.7. The lowest BCUT2D eigenvalue weighted by atomic mass is 10.3. The molecule has 0 radical (unpaired) electrons. The van der Waals surface area contributed by atoms with Crippen LogP contribution in [-0.2, 0) is 16.1 Å². The summed E-state index contributed by atoms with van der Waals surface area (Å²) in [5, 5.41) is 12.3. The van der Waals surface area contributed by atoms with Crippen LogP contribution in [0, 0.1) is 11.3 Å². The zero-order chi connectivity index (χ0) is 10.4. The van der Waals surface area contributed by atoms with Crippen LogP contribution in [0.15, 0.2) is 6.33 Å². The van der Waals surface area contributed by atoms with Gasteiger partial charge in [-0.2, -0.15) is 5.26 Å². The Morgan fingerprint density at radius 3 is 3.14 bits per heavy atom. The second-order valence-electron chi connectivity index (χ2n) is 2.62. The fraction of sp³-hybridized carbons (Fsp3) is 0.500. The average molecular weight is 194 g/mol. The first kappa shape index (κ1) is 10.2. The molecule has 1 heterocycles. The van der Waals surface area contributed by atoms with Crippen LogP contribution in [0.3, 0.4) is 0 Å². The van der Waals surface area contributed by atoms with Gasteiger partial charge in [-0.15, -0.1) is 5.10 Å². The monoisotopic (exact) mass is 194 g/mol. The summed E-state index contributed by atoms with van der Waals surface area (Å²) in [6.07, 6.45) is 2.44. The number of rotatable bonds is 4. The fourth-order valence-electron chi connectivity index (χ4n) is 0.941. The van der Waals surface area contributed by atoms with Gasteiger partial charge in [0.2, 0.25) is 0 Å². The fourth-order valence-corrected chi connectivity index (χ4v) is 0.941. The van der Waals surface area contributed by atoms with Gasteiger partial charge in [0, 0.05) is 13.0 Å². The van der Waals surface area contributed by atoms with Gasteiger partial charge in [-0.3, -0.25) is 9.48 Å².